The summed E-state index contributed by atoms with van der Waals surface area (Å²) in [6.45, 7) is 0.893. The smallest absolute Gasteiger partial charge is 0.144 e. The minimum Gasteiger partial charge on any atom is -0.483 e. The van der Waals surface area contributed by atoms with E-state index in [0.29, 0.717) is 0 Å². The number of hydrogen-bond acceptors (Lipinski definition) is 2. The van der Waals surface area contributed by atoms with Gasteiger partial charge in [-0.3, -0.25) is 0 Å². The van der Waals surface area contributed by atoms with Crippen molar-refractivity contribution in [1.82, 2.24) is 0 Å². The Morgan fingerprint density at radius 3 is 3.00 bits per heavy atom. The zero-order chi connectivity index (χ0) is 8.89. The number of halogens is 1. The summed E-state index contributed by atoms with van der Waals surface area (Å²) >= 11 is 6.01. The molecule has 0 amide bonds. The highest BCUT2D eigenvalue weighted by Crippen LogP contribution is 2.47. The number of fused-ring (bicyclic) bond motifs is 1. The molecule has 0 atom stereocenters. The van der Waals surface area contributed by atoms with Gasteiger partial charge in [-0.2, -0.15) is 0 Å². The van der Waals surface area contributed by atoms with Crippen LogP contribution in [-0.4, -0.2) is 12.1 Å². The van der Waals surface area contributed by atoms with Crippen LogP contribution in [0.1, 0.15) is 12.8 Å². The monoisotopic (exact) mass is 195 g/mol. The topological polar surface area (TPSA) is 21.3 Å². The van der Waals surface area contributed by atoms with Crippen LogP contribution in [0.25, 0.3) is 0 Å². The van der Waals surface area contributed by atoms with Gasteiger partial charge in [0, 0.05) is 0 Å². The van der Waals surface area contributed by atoms with Crippen LogP contribution in [0, 0.1) is 0 Å². The fraction of sp³-hybridized carbons (Fsp3) is 0.400. The predicted molar refractivity (Wildman–Crippen MR) is 52.5 cm³/mol. The molecule has 13 heavy (non-hydrogen) atoms. The largest absolute Gasteiger partial charge is 0.483 e. The highest BCUT2D eigenvalue weighted by molar-refractivity contribution is 6.33. The van der Waals surface area contributed by atoms with Gasteiger partial charge < -0.3 is 10.1 Å². The number of benzene rings is 1. The normalized spacial score (nSPS) is 21.6. The minimum absolute atomic E-state index is 0.0949. The molecule has 1 heterocycles. The lowest BCUT2D eigenvalue weighted by Gasteiger charge is -2.27. The molecule has 1 saturated carbocycles. The van der Waals surface area contributed by atoms with E-state index in [-0.39, 0.29) is 5.60 Å². The Morgan fingerprint density at radius 2 is 2.23 bits per heavy atom. The van der Waals surface area contributed by atoms with Gasteiger partial charge in [0.25, 0.3) is 0 Å². The number of anilines is 1. The molecule has 0 saturated heterocycles. The first-order valence-electron chi connectivity index (χ1n) is 4.51. The van der Waals surface area contributed by atoms with Crippen LogP contribution in [0.3, 0.4) is 0 Å². The minimum atomic E-state index is 0.0949. The Balaban J connectivity index is 2.05. The van der Waals surface area contributed by atoms with Crippen molar-refractivity contribution < 1.29 is 4.74 Å². The average Bonchev–Trinajstić information content (AvgIpc) is 2.85. The summed E-state index contributed by atoms with van der Waals surface area (Å²) in [6.07, 6.45) is 2.32. The van der Waals surface area contributed by atoms with Crippen molar-refractivity contribution >= 4 is 17.3 Å². The van der Waals surface area contributed by atoms with Gasteiger partial charge in [-0.1, -0.05) is 17.7 Å². The second-order valence-corrected chi connectivity index (χ2v) is 4.16. The highest BCUT2D eigenvalue weighted by atomic mass is 35.5. The Hall–Kier alpha value is -0.890. The number of para-hydroxylation sites is 1. The first kappa shape index (κ1) is 7.51. The maximum Gasteiger partial charge on any atom is 0.144 e. The molecule has 2 aliphatic rings. The van der Waals surface area contributed by atoms with E-state index in [1.165, 1.54) is 0 Å². The first-order chi connectivity index (χ1) is 6.29. The molecule has 0 unspecified atom stereocenters. The SMILES string of the molecule is Clc1cccc2c1NCC1(CC1)O2. The second-order valence-electron chi connectivity index (χ2n) is 3.75. The van der Waals surface area contributed by atoms with Gasteiger partial charge in [0.2, 0.25) is 0 Å². The van der Waals surface area contributed by atoms with E-state index in [4.69, 9.17) is 16.3 Å². The van der Waals surface area contributed by atoms with Gasteiger partial charge >= 0.3 is 0 Å². The van der Waals surface area contributed by atoms with E-state index < -0.39 is 0 Å². The summed E-state index contributed by atoms with van der Waals surface area (Å²) in [5.74, 6) is 0.899. The Labute approximate surface area is 81.8 Å². The summed E-state index contributed by atoms with van der Waals surface area (Å²) in [7, 11) is 0. The number of ether oxygens (including phenoxy) is 1. The fourth-order valence-electron chi connectivity index (χ4n) is 1.70. The Morgan fingerprint density at radius 1 is 1.38 bits per heavy atom. The quantitative estimate of drug-likeness (QED) is 0.687. The Bertz CT molecular complexity index is 360. The predicted octanol–water partition coefficient (Wildman–Crippen LogP) is 2.68. The molecule has 68 valence electrons. The summed E-state index contributed by atoms with van der Waals surface area (Å²) < 4.78 is 5.86. The third-order valence-corrected chi connectivity index (χ3v) is 3.01. The van der Waals surface area contributed by atoms with Crippen LogP contribution in [-0.2, 0) is 0 Å². The van der Waals surface area contributed by atoms with Gasteiger partial charge in [-0.15, -0.1) is 0 Å². The van der Waals surface area contributed by atoms with Crippen molar-refractivity contribution in [1.29, 1.82) is 0 Å². The molecule has 0 aromatic heterocycles. The molecule has 1 aromatic carbocycles. The third-order valence-electron chi connectivity index (χ3n) is 2.70. The van der Waals surface area contributed by atoms with Crippen LogP contribution in [0.2, 0.25) is 5.02 Å². The molecule has 3 heteroatoms. The van der Waals surface area contributed by atoms with Crippen molar-refractivity contribution in [3.63, 3.8) is 0 Å². The summed E-state index contributed by atoms with van der Waals surface area (Å²) in [5, 5.41) is 4.07. The highest BCUT2D eigenvalue weighted by Gasteiger charge is 2.47. The molecule has 1 aliphatic carbocycles. The van der Waals surface area contributed by atoms with Crippen LogP contribution in [0.5, 0.6) is 5.75 Å². The van der Waals surface area contributed by atoms with E-state index in [0.717, 1.165) is 35.8 Å². The van der Waals surface area contributed by atoms with Gasteiger partial charge in [0.05, 0.1) is 17.3 Å². The van der Waals surface area contributed by atoms with E-state index in [9.17, 15) is 0 Å². The lowest BCUT2D eigenvalue weighted by atomic mass is 10.2. The molecule has 1 fully saturated rings. The summed E-state index contributed by atoms with van der Waals surface area (Å²) in [6, 6.07) is 5.76. The van der Waals surface area contributed by atoms with Crippen molar-refractivity contribution in [2.75, 3.05) is 11.9 Å². The maximum atomic E-state index is 6.01. The fourth-order valence-corrected chi connectivity index (χ4v) is 1.93. The Kier molecular flexibility index (Phi) is 1.34. The van der Waals surface area contributed by atoms with E-state index in [1.54, 1.807) is 0 Å². The standard InChI is InChI=1S/C10H10ClNO/c11-7-2-1-3-8-9(7)12-6-10(13-8)4-5-10/h1-3,12H,4-6H2. The summed E-state index contributed by atoms with van der Waals surface area (Å²) in [4.78, 5) is 0. The lowest BCUT2D eigenvalue weighted by Crippen LogP contribution is -2.32. The molecule has 0 radical (unpaired) electrons. The van der Waals surface area contributed by atoms with Crippen molar-refractivity contribution in [2.24, 2.45) is 0 Å². The van der Waals surface area contributed by atoms with Gasteiger partial charge in [-0.25, -0.2) is 0 Å². The molecular formula is C10H10ClNO. The number of nitrogens with one attached hydrogen (secondary N) is 1. The molecule has 1 aromatic rings. The first-order valence-corrected chi connectivity index (χ1v) is 4.88. The van der Waals surface area contributed by atoms with E-state index in [2.05, 4.69) is 5.32 Å². The lowest BCUT2D eigenvalue weighted by molar-refractivity contribution is 0.184. The van der Waals surface area contributed by atoms with Crippen LogP contribution in [0.4, 0.5) is 5.69 Å². The second kappa shape index (κ2) is 2.32. The molecule has 1 spiro atoms. The van der Waals surface area contributed by atoms with Crippen LogP contribution < -0.4 is 10.1 Å². The molecule has 1 N–H and O–H groups in total. The summed E-state index contributed by atoms with van der Waals surface area (Å²) in [5.41, 5.74) is 1.04. The van der Waals surface area contributed by atoms with Gasteiger partial charge in [0.1, 0.15) is 11.4 Å². The number of rotatable bonds is 0. The maximum absolute atomic E-state index is 6.01. The average molecular weight is 196 g/mol. The molecule has 0 bridgehead atoms. The van der Waals surface area contributed by atoms with Crippen LogP contribution >= 0.6 is 11.6 Å². The van der Waals surface area contributed by atoms with E-state index >= 15 is 0 Å². The van der Waals surface area contributed by atoms with Gasteiger partial charge in [-0.05, 0) is 25.0 Å². The van der Waals surface area contributed by atoms with Crippen LogP contribution in [0.15, 0.2) is 18.2 Å². The van der Waals surface area contributed by atoms with E-state index in [1.807, 2.05) is 18.2 Å². The van der Waals surface area contributed by atoms with Gasteiger partial charge in [0.15, 0.2) is 0 Å². The van der Waals surface area contributed by atoms with Crippen molar-refractivity contribution in [3.05, 3.63) is 23.2 Å². The molecule has 1 aliphatic heterocycles. The molecular weight excluding hydrogens is 186 g/mol. The zero-order valence-electron chi connectivity index (χ0n) is 7.14. The zero-order valence-corrected chi connectivity index (χ0v) is 7.90. The molecule has 2 nitrogen and oxygen atoms in total. The third kappa shape index (κ3) is 1.09. The molecule has 3 rings (SSSR count). The number of hydrogen-bond donors (Lipinski definition) is 1. The van der Waals surface area contributed by atoms with Crippen molar-refractivity contribution in [2.45, 2.75) is 18.4 Å². The van der Waals surface area contributed by atoms with Crippen molar-refractivity contribution in [3.8, 4) is 5.75 Å².